The summed E-state index contributed by atoms with van der Waals surface area (Å²) in [5.41, 5.74) is 6.81. The van der Waals surface area contributed by atoms with Gasteiger partial charge in [0.25, 0.3) is 5.91 Å². The first-order chi connectivity index (χ1) is 25.9. The summed E-state index contributed by atoms with van der Waals surface area (Å²) in [5, 5.41) is 16.7. The number of imidazole rings is 1. The van der Waals surface area contributed by atoms with Crippen molar-refractivity contribution in [3.05, 3.63) is 131 Å². The van der Waals surface area contributed by atoms with E-state index in [9.17, 15) is 4.79 Å². The number of carbonyl (C=O) groups excluding carboxylic acids is 1. The predicted molar refractivity (Wildman–Crippen MR) is 209 cm³/mol. The molecular weight excluding hydrogens is 706 g/mol. The molecule has 0 saturated heterocycles. The number of para-hydroxylation sites is 3. The zero-order valence-electron chi connectivity index (χ0n) is 29.6. The summed E-state index contributed by atoms with van der Waals surface area (Å²) in [7, 11) is 3.32. The Balaban J connectivity index is 1.14. The minimum Gasteiger partial charge on any atom is -0.497 e. The first kappa shape index (κ1) is 34.7. The number of halogens is 1. The van der Waals surface area contributed by atoms with Crippen molar-refractivity contribution in [3.63, 3.8) is 0 Å². The van der Waals surface area contributed by atoms with Gasteiger partial charge in [0.05, 0.1) is 65.8 Å². The standard InChI is InChI=1S/C41H38ClN7O3S/c1-26(53-41-45-44-37(48(41)35-13-6-4-11-33(35)42)24-47-25-43-34-12-5-7-14-36(34)47)40(50)49-39(28-17-21-31(52-3)22-18-28)32-10-8-9-29(38(32)46-49)23-27-15-19-30(51-2)20-16-27/h4-7,11-23,25-26,32,39H,8-10,24H2,1-3H3/b29-23-. The summed E-state index contributed by atoms with van der Waals surface area (Å²) < 4.78 is 14.8. The maximum Gasteiger partial charge on any atom is 0.256 e. The second-order valence-corrected chi connectivity index (χ2v) is 14.8. The molecule has 2 aliphatic rings. The van der Waals surface area contributed by atoms with Crippen molar-refractivity contribution in [3.8, 4) is 17.2 Å². The van der Waals surface area contributed by atoms with Gasteiger partial charge in [0, 0.05) is 5.92 Å². The Hall–Kier alpha value is -5.39. The van der Waals surface area contributed by atoms with E-state index in [0.717, 1.165) is 69.9 Å². The Bertz CT molecular complexity index is 2330. The number of rotatable bonds is 10. The molecule has 53 heavy (non-hydrogen) atoms. The van der Waals surface area contributed by atoms with Crippen LogP contribution in [0.1, 0.15) is 49.2 Å². The van der Waals surface area contributed by atoms with Crippen molar-refractivity contribution < 1.29 is 14.3 Å². The number of thioether (sulfide) groups is 1. The monoisotopic (exact) mass is 743 g/mol. The topological polar surface area (TPSA) is 99.7 Å². The van der Waals surface area contributed by atoms with Crippen molar-refractivity contribution in [1.29, 1.82) is 0 Å². The molecule has 2 aromatic heterocycles. The summed E-state index contributed by atoms with van der Waals surface area (Å²) in [6, 6.07) is 31.3. The summed E-state index contributed by atoms with van der Waals surface area (Å²) >= 11 is 8.13. The molecule has 1 fully saturated rings. The highest BCUT2D eigenvalue weighted by molar-refractivity contribution is 8.00. The molecule has 1 amide bonds. The van der Waals surface area contributed by atoms with E-state index in [0.29, 0.717) is 22.5 Å². The largest absolute Gasteiger partial charge is 0.497 e. The van der Waals surface area contributed by atoms with Gasteiger partial charge in [-0.25, -0.2) is 9.99 Å². The number of benzene rings is 4. The molecule has 12 heteroatoms. The van der Waals surface area contributed by atoms with Crippen LogP contribution in [-0.2, 0) is 11.3 Å². The van der Waals surface area contributed by atoms with E-state index < -0.39 is 5.25 Å². The Morgan fingerprint density at radius 3 is 2.42 bits per heavy atom. The molecule has 268 valence electrons. The second kappa shape index (κ2) is 14.9. The second-order valence-electron chi connectivity index (χ2n) is 13.1. The first-order valence-electron chi connectivity index (χ1n) is 17.6. The van der Waals surface area contributed by atoms with Crippen LogP contribution in [0.5, 0.6) is 11.5 Å². The normalized spacial score (nSPS) is 18.2. The average molecular weight is 744 g/mol. The van der Waals surface area contributed by atoms with E-state index in [1.807, 2.05) is 113 Å². The Labute approximate surface area is 317 Å². The van der Waals surface area contributed by atoms with E-state index in [1.54, 1.807) is 25.6 Å². The molecule has 3 atom stereocenters. The number of carbonyl (C=O) groups is 1. The maximum atomic E-state index is 14.7. The highest BCUT2D eigenvalue weighted by atomic mass is 35.5. The summed E-state index contributed by atoms with van der Waals surface area (Å²) in [6.07, 6.45) is 6.81. The molecule has 0 bridgehead atoms. The summed E-state index contributed by atoms with van der Waals surface area (Å²) in [6.45, 7) is 2.31. The van der Waals surface area contributed by atoms with Gasteiger partial charge in [0.1, 0.15) is 11.5 Å². The maximum absolute atomic E-state index is 14.7. The lowest BCUT2D eigenvalue weighted by molar-refractivity contribution is -0.132. The van der Waals surface area contributed by atoms with Gasteiger partial charge < -0.3 is 14.0 Å². The van der Waals surface area contributed by atoms with E-state index in [2.05, 4.69) is 21.3 Å². The van der Waals surface area contributed by atoms with Gasteiger partial charge in [-0.1, -0.05) is 71.9 Å². The summed E-state index contributed by atoms with van der Waals surface area (Å²) in [4.78, 5) is 19.3. The van der Waals surface area contributed by atoms with Crippen molar-refractivity contribution in [2.24, 2.45) is 11.0 Å². The molecule has 8 rings (SSSR count). The van der Waals surface area contributed by atoms with Crippen LogP contribution in [-0.4, -0.2) is 60.4 Å². The minimum atomic E-state index is -0.554. The van der Waals surface area contributed by atoms with Crippen molar-refractivity contribution in [2.45, 2.75) is 49.2 Å². The van der Waals surface area contributed by atoms with Gasteiger partial charge in [0.15, 0.2) is 11.0 Å². The van der Waals surface area contributed by atoms with E-state index in [4.69, 9.17) is 26.2 Å². The number of amides is 1. The number of hydrogen-bond acceptors (Lipinski definition) is 8. The van der Waals surface area contributed by atoms with Gasteiger partial charge >= 0.3 is 0 Å². The molecule has 0 spiro atoms. The first-order valence-corrected chi connectivity index (χ1v) is 18.8. The van der Waals surface area contributed by atoms with E-state index in [-0.39, 0.29) is 17.9 Å². The van der Waals surface area contributed by atoms with Crippen LogP contribution in [0.15, 0.2) is 119 Å². The molecule has 3 heterocycles. The lowest BCUT2D eigenvalue weighted by Gasteiger charge is -2.30. The zero-order chi connectivity index (χ0) is 36.5. The molecule has 1 aliphatic carbocycles. The number of hydrogen-bond donors (Lipinski definition) is 0. The summed E-state index contributed by atoms with van der Waals surface area (Å²) in [5.74, 6) is 2.17. The SMILES string of the molecule is COc1ccc(/C=C2/CCCC3C2=NN(C(=O)C(C)Sc2nnc(Cn4cnc5ccccc54)n2-c2ccccc2Cl)C3c2ccc(OC)cc2)cc1. The highest BCUT2D eigenvalue weighted by Gasteiger charge is 2.45. The minimum absolute atomic E-state index is 0.0474. The van der Waals surface area contributed by atoms with Crippen molar-refractivity contribution in [1.82, 2.24) is 29.3 Å². The van der Waals surface area contributed by atoms with Gasteiger partial charge in [-0.05, 0) is 97.5 Å². The highest BCUT2D eigenvalue weighted by Crippen LogP contribution is 2.46. The van der Waals surface area contributed by atoms with E-state index >= 15 is 0 Å². The Morgan fingerprint density at radius 1 is 0.943 bits per heavy atom. The third-order valence-electron chi connectivity index (χ3n) is 9.90. The third kappa shape index (κ3) is 6.82. The molecular formula is C41H38ClN7O3S. The third-order valence-corrected chi connectivity index (χ3v) is 11.3. The number of ether oxygens (including phenoxy) is 2. The fourth-order valence-corrected chi connectivity index (χ4v) is 8.40. The van der Waals surface area contributed by atoms with Crippen LogP contribution in [0.4, 0.5) is 0 Å². The van der Waals surface area contributed by atoms with Crippen LogP contribution < -0.4 is 9.47 Å². The Morgan fingerprint density at radius 2 is 1.66 bits per heavy atom. The van der Waals surface area contributed by atoms with Gasteiger partial charge in [-0.3, -0.25) is 9.36 Å². The number of hydrazone groups is 1. The molecule has 6 aromatic rings. The fraction of sp³-hybridized carbons (Fsp3) is 0.244. The average Bonchev–Trinajstić information content (AvgIpc) is 3.91. The smallest absolute Gasteiger partial charge is 0.256 e. The molecule has 0 N–H and O–H groups in total. The quantitative estimate of drug-likeness (QED) is 0.130. The Kier molecular flexibility index (Phi) is 9.76. The lowest BCUT2D eigenvalue weighted by Crippen LogP contribution is -2.36. The number of allylic oxidation sites excluding steroid dienone is 1. The van der Waals surface area contributed by atoms with Gasteiger partial charge in [-0.2, -0.15) is 5.10 Å². The van der Waals surface area contributed by atoms with Crippen LogP contribution in [0.2, 0.25) is 5.02 Å². The molecule has 3 unspecified atom stereocenters. The van der Waals surface area contributed by atoms with Crippen LogP contribution >= 0.6 is 23.4 Å². The number of nitrogens with zero attached hydrogens (tertiary/aromatic N) is 7. The van der Waals surface area contributed by atoms with Gasteiger partial charge in [0.2, 0.25) is 0 Å². The van der Waals surface area contributed by atoms with Crippen LogP contribution in [0, 0.1) is 5.92 Å². The van der Waals surface area contributed by atoms with Crippen LogP contribution in [0.3, 0.4) is 0 Å². The van der Waals surface area contributed by atoms with Crippen LogP contribution in [0.25, 0.3) is 22.8 Å². The van der Waals surface area contributed by atoms with Gasteiger partial charge in [-0.15, -0.1) is 10.2 Å². The van der Waals surface area contributed by atoms with E-state index in [1.165, 1.54) is 11.8 Å². The molecule has 4 aromatic carbocycles. The lowest BCUT2D eigenvalue weighted by atomic mass is 9.77. The number of methoxy groups -OCH3 is 2. The van der Waals surface area contributed by atoms with Crippen molar-refractivity contribution >= 4 is 52.1 Å². The molecule has 1 aliphatic heterocycles. The predicted octanol–water partition coefficient (Wildman–Crippen LogP) is 8.64. The zero-order valence-corrected chi connectivity index (χ0v) is 31.2. The molecule has 1 saturated carbocycles. The molecule has 10 nitrogen and oxygen atoms in total. The fourth-order valence-electron chi connectivity index (χ4n) is 7.26. The number of aromatic nitrogens is 5. The van der Waals surface area contributed by atoms with Crippen molar-refractivity contribution in [2.75, 3.05) is 14.2 Å². The molecule has 0 radical (unpaired) electrons. The number of fused-ring (bicyclic) bond motifs is 2.